The van der Waals surface area contributed by atoms with Crippen molar-refractivity contribution in [3.05, 3.63) is 17.5 Å². The highest BCUT2D eigenvalue weighted by Gasteiger charge is 2.01. The third-order valence-electron chi connectivity index (χ3n) is 1.81. The first-order chi connectivity index (χ1) is 6.36. The van der Waals surface area contributed by atoms with E-state index in [1.165, 1.54) is 12.2 Å². The fourth-order valence-corrected chi connectivity index (χ4v) is 1.91. The monoisotopic (exact) mass is 199 g/mol. The highest BCUT2D eigenvalue weighted by atomic mass is 32.2. The van der Waals surface area contributed by atoms with Gasteiger partial charge < -0.3 is 4.52 Å². The van der Waals surface area contributed by atoms with Crippen molar-refractivity contribution in [1.29, 1.82) is 0 Å². The van der Waals surface area contributed by atoms with Gasteiger partial charge in [0.25, 0.3) is 0 Å². The fourth-order valence-electron chi connectivity index (χ4n) is 1.06. The molecule has 0 unspecified atom stereocenters. The molecule has 0 saturated carbocycles. The van der Waals surface area contributed by atoms with Gasteiger partial charge in [0.1, 0.15) is 5.76 Å². The Kier molecular flexibility index (Phi) is 4.98. The number of hydrogen-bond acceptors (Lipinski definition) is 3. The molecular weight excluding hydrogens is 182 g/mol. The first-order valence-corrected chi connectivity index (χ1v) is 6.04. The highest BCUT2D eigenvalue weighted by Crippen LogP contribution is 2.09. The number of aryl methyl sites for hydroxylation is 2. The molecule has 1 rings (SSSR count). The predicted octanol–water partition coefficient (Wildman–Crippen LogP) is 2.92. The molecule has 0 aliphatic carbocycles. The van der Waals surface area contributed by atoms with Crippen LogP contribution in [0.15, 0.2) is 10.6 Å². The van der Waals surface area contributed by atoms with Crippen LogP contribution in [0.25, 0.3) is 0 Å². The summed E-state index contributed by atoms with van der Waals surface area (Å²) in [6, 6.07) is 2.06. The molecule has 1 heterocycles. The summed E-state index contributed by atoms with van der Waals surface area (Å²) in [4.78, 5) is 0. The molecule has 0 saturated heterocycles. The van der Waals surface area contributed by atoms with E-state index in [1.807, 2.05) is 11.8 Å². The Hall–Kier alpha value is -0.440. The van der Waals surface area contributed by atoms with Crippen molar-refractivity contribution < 1.29 is 4.52 Å². The van der Waals surface area contributed by atoms with Gasteiger partial charge in [-0.1, -0.05) is 19.0 Å². The molecule has 13 heavy (non-hydrogen) atoms. The van der Waals surface area contributed by atoms with E-state index in [9.17, 15) is 0 Å². The van der Waals surface area contributed by atoms with Crippen LogP contribution in [0.1, 0.15) is 31.7 Å². The topological polar surface area (TPSA) is 26.0 Å². The Balaban J connectivity index is 2.20. The van der Waals surface area contributed by atoms with Gasteiger partial charge in [-0.15, -0.1) is 0 Å². The van der Waals surface area contributed by atoms with Gasteiger partial charge in [0.15, 0.2) is 0 Å². The third kappa shape index (κ3) is 3.85. The average molecular weight is 199 g/mol. The Morgan fingerprint density at radius 3 is 2.85 bits per heavy atom. The zero-order chi connectivity index (χ0) is 9.52. The average Bonchev–Trinajstić information content (AvgIpc) is 2.60. The quantitative estimate of drug-likeness (QED) is 0.659. The molecule has 0 N–H and O–H groups in total. The van der Waals surface area contributed by atoms with Gasteiger partial charge in [-0.05, 0) is 17.9 Å². The Morgan fingerprint density at radius 2 is 2.23 bits per heavy atom. The van der Waals surface area contributed by atoms with Crippen molar-refractivity contribution in [2.75, 3.05) is 11.5 Å². The van der Waals surface area contributed by atoms with E-state index in [1.54, 1.807) is 0 Å². The molecule has 1 aromatic heterocycles. The zero-order valence-electron chi connectivity index (χ0n) is 8.38. The SMILES string of the molecule is CCCSCCc1cc(CC)on1. The third-order valence-corrected chi connectivity index (χ3v) is 3.00. The van der Waals surface area contributed by atoms with Crippen molar-refractivity contribution in [1.82, 2.24) is 5.16 Å². The van der Waals surface area contributed by atoms with E-state index >= 15 is 0 Å². The summed E-state index contributed by atoms with van der Waals surface area (Å²) in [5, 5.41) is 4.00. The van der Waals surface area contributed by atoms with Crippen LogP contribution in [0, 0.1) is 0 Å². The van der Waals surface area contributed by atoms with Crippen molar-refractivity contribution in [2.24, 2.45) is 0 Å². The molecule has 0 spiro atoms. The molecule has 0 aliphatic rings. The number of thioether (sulfide) groups is 1. The molecule has 1 aromatic rings. The molecule has 0 atom stereocenters. The number of hydrogen-bond donors (Lipinski definition) is 0. The van der Waals surface area contributed by atoms with Crippen LogP contribution in [-0.2, 0) is 12.8 Å². The summed E-state index contributed by atoms with van der Waals surface area (Å²) in [7, 11) is 0. The maximum atomic E-state index is 5.11. The molecule has 0 fully saturated rings. The highest BCUT2D eigenvalue weighted by molar-refractivity contribution is 7.99. The number of rotatable bonds is 6. The minimum absolute atomic E-state index is 0.940. The van der Waals surface area contributed by atoms with E-state index in [0.717, 1.165) is 30.0 Å². The largest absolute Gasteiger partial charge is 0.361 e. The lowest BCUT2D eigenvalue weighted by molar-refractivity contribution is 0.381. The molecule has 2 nitrogen and oxygen atoms in total. The van der Waals surface area contributed by atoms with Crippen LogP contribution >= 0.6 is 11.8 Å². The first kappa shape index (κ1) is 10.6. The second kappa shape index (κ2) is 6.08. The molecule has 0 radical (unpaired) electrons. The molecule has 0 aliphatic heterocycles. The Morgan fingerprint density at radius 1 is 1.38 bits per heavy atom. The molecule has 0 bridgehead atoms. The second-order valence-electron chi connectivity index (χ2n) is 3.00. The smallest absolute Gasteiger partial charge is 0.136 e. The van der Waals surface area contributed by atoms with Gasteiger partial charge in [-0.25, -0.2) is 0 Å². The first-order valence-electron chi connectivity index (χ1n) is 4.89. The van der Waals surface area contributed by atoms with Crippen LogP contribution in [0.3, 0.4) is 0 Å². The maximum absolute atomic E-state index is 5.11. The lowest BCUT2D eigenvalue weighted by Crippen LogP contribution is -1.89. The van der Waals surface area contributed by atoms with Gasteiger partial charge in [-0.3, -0.25) is 0 Å². The summed E-state index contributed by atoms with van der Waals surface area (Å²) < 4.78 is 5.11. The zero-order valence-corrected chi connectivity index (χ0v) is 9.19. The fraction of sp³-hybridized carbons (Fsp3) is 0.700. The van der Waals surface area contributed by atoms with E-state index in [4.69, 9.17) is 4.52 Å². The van der Waals surface area contributed by atoms with Crippen molar-refractivity contribution in [2.45, 2.75) is 33.1 Å². The minimum atomic E-state index is 0.940. The molecule has 0 aromatic carbocycles. The summed E-state index contributed by atoms with van der Waals surface area (Å²) >= 11 is 1.98. The van der Waals surface area contributed by atoms with E-state index in [2.05, 4.69) is 25.1 Å². The van der Waals surface area contributed by atoms with E-state index in [-0.39, 0.29) is 0 Å². The molecule has 74 valence electrons. The minimum Gasteiger partial charge on any atom is -0.361 e. The molecular formula is C10H17NOS. The predicted molar refractivity (Wildman–Crippen MR) is 57.2 cm³/mol. The Bertz CT molecular complexity index is 235. The van der Waals surface area contributed by atoms with Crippen LogP contribution in [-0.4, -0.2) is 16.7 Å². The van der Waals surface area contributed by atoms with Crippen molar-refractivity contribution in [3.63, 3.8) is 0 Å². The lowest BCUT2D eigenvalue weighted by Gasteiger charge is -1.94. The van der Waals surface area contributed by atoms with Gasteiger partial charge in [0.05, 0.1) is 5.69 Å². The van der Waals surface area contributed by atoms with Gasteiger partial charge >= 0.3 is 0 Å². The summed E-state index contributed by atoms with van der Waals surface area (Å²) in [5.41, 5.74) is 1.10. The molecule has 0 amide bonds. The summed E-state index contributed by atoms with van der Waals surface area (Å²) in [5.74, 6) is 3.40. The van der Waals surface area contributed by atoms with Gasteiger partial charge in [-0.2, -0.15) is 11.8 Å². The lowest BCUT2D eigenvalue weighted by atomic mass is 10.3. The van der Waals surface area contributed by atoms with E-state index in [0.29, 0.717) is 0 Å². The standard InChI is InChI=1S/C10H17NOS/c1-3-6-13-7-5-9-8-10(4-2)12-11-9/h8H,3-7H2,1-2H3. The van der Waals surface area contributed by atoms with Crippen LogP contribution < -0.4 is 0 Å². The Labute approximate surface area is 84.1 Å². The number of nitrogens with zero attached hydrogens (tertiary/aromatic N) is 1. The maximum Gasteiger partial charge on any atom is 0.136 e. The van der Waals surface area contributed by atoms with Crippen LogP contribution in [0.2, 0.25) is 0 Å². The van der Waals surface area contributed by atoms with E-state index < -0.39 is 0 Å². The normalized spacial score (nSPS) is 10.6. The summed E-state index contributed by atoms with van der Waals surface area (Å²) in [6.45, 7) is 4.29. The van der Waals surface area contributed by atoms with Crippen LogP contribution in [0.5, 0.6) is 0 Å². The van der Waals surface area contributed by atoms with Crippen molar-refractivity contribution in [3.8, 4) is 0 Å². The van der Waals surface area contributed by atoms with Gasteiger partial charge in [0, 0.05) is 18.9 Å². The molecule has 3 heteroatoms. The van der Waals surface area contributed by atoms with Gasteiger partial charge in [0.2, 0.25) is 0 Å². The summed E-state index contributed by atoms with van der Waals surface area (Å²) in [6.07, 6.45) is 3.23. The van der Waals surface area contributed by atoms with Crippen LogP contribution in [0.4, 0.5) is 0 Å². The number of aromatic nitrogens is 1. The second-order valence-corrected chi connectivity index (χ2v) is 4.23. The van der Waals surface area contributed by atoms with Crippen molar-refractivity contribution >= 4 is 11.8 Å².